The highest BCUT2D eigenvalue weighted by molar-refractivity contribution is 4.92. The Morgan fingerprint density at radius 1 is 1.50 bits per heavy atom. The molecule has 3 heteroatoms. The second kappa shape index (κ2) is 4.39. The molecule has 0 aliphatic rings. The third-order valence-corrected chi connectivity index (χ3v) is 1.05. The van der Waals surface area contributed by atoms with Crippen LogP contribution >= 0.6 is 0 Å². The molecule has 0 unspecified atom stereocenters. The van der Waals surface area contributed by atoms with Crippen LogP contribution in [0.5, 0.6) is 0 Å². The number of ether oxygens (including phenoxy) is 1. The quantitative estimate of drug-likeness (QED) is 0.558. The molecule has 0 N–H and O–H groups in total. The number of allylic oxidation sites excluding steroid dienone is 2. The van der Waals surface area contributed by atoms with Crippen LogP contribution in [0.25, 0.3) is 0 Å². The van der Waals surface area contributed by atoms with Gasteiger partial charge in [-0.25, -0.2) is 8.78 Å². The van der Waals surface area contributed by atoms with E-state index in [1.807, 2.05) is 0 Å². The summed E-state index contributed by atoms with van der Waals surface area (Å²) in [5.41, 5.74) is 0. The summed E-state index contributed by atoms with van der Waals surface area (Å²) in [6.07, 6.45) is 1.98. The zero-order valence-corrected chi connectivity index (χ0v) is 6.23. The molecular weight excluding hydrogens is 138 g/mol. The lowest BCUT2D eigenvalue weighted by atomic mass is 10.2. The van der Waals surface area contributed by atoms with E-state index in [0.717, 1.165) is 6.08 Å². The summed E-state index contributed by atoms with van der Waals surface area (Å²) in [6, 6.07) is 0. The number of hydrogen-bond donors (Lipinski definition) is 0. The molecule has 0 aromatic rings. The van der Waals surface area contributed by atoms with Gasteiger partial charge in [-0.1, -0.05) is 6.08 Å². The van der Waals surface area contributed by atoms with E-state index < -0.39 is 5.92 Å². The van der Waals surface area contributed by atoms with Gasteiger partial charge in [0.1, 0.15) is 0 Å². The lowest BCUT2D eigenvalue weighted by Gasteiger charge is -2.09. The van der Waals surface area contributed by atoms with Gasteiger partial charge < -0.3 is 4.74 Å². The normalized spacial score (nSPS) is 12.8. The van der Waals surface area contributed by atoms with E-state index in [1.165, 1.54) is 13.2 Å². The Kier molecular flexibility index (Phi) is 4.19. The van der Waals surface area contributed by atoms with Gasteiger partial charge >= 0.3 is 0 Å². The van der Waals surface area contributed by atoms with E-state index in [9.17, 15) is 8.78 Å². The first-order valence-corrected chi connectivity index (χ1v) is 3.13. The van der Waals surface area contributed by atoms with Gasteiger partial charge in [-0.2, -0.15) is 0 Å². The predicted octanol–water partition coefficient (Wildman–Crippen LogP) is 2.23. The Balaban J connectivity index is 3.63. The molecule has 0 amide bonds. The summed E-state index contributed by atoms with van der Waals surface area (Å²) >= 11 is 0. The molecular formula is C7H12F2O. The molecule has 60 valence electrons. The molecule has 0 aromatic carbocycles. The van der Waals surface area contributed by atoms with Gasteiger partial charge in [0.25, 0.3) is 5.92 Å². The Bertz CT molecular complexity index is 110. The highest BCUT2D eigenvalue weighted by Gasteiger charge is 2.23. The molecule has 0 aliphatic heterocycles. The van der Waals surface area contributed by atoms with Gasteiger partial charge in [0.15, 0.2) is 0 Å². The van der Waals surface area contributed by atoms with E-state index in [4.69, 9.17) is 0 Å². The molecule has 0 aromatic heterocycles. The first-order valence-electron chi connectivity index (χ1n) is 3.13. The van der Waals surface area contributed by atoms with Crippen LogP contribution in [-0.4, -0.2) is 19.6 Å². The minimum Gasteiger partial charge on any atom is -0.384 e. The first kappa shape index (κ1) is 9.56. The van der Waals surface area contributed by atoms with E-state index >= 15 is 0 Å². The van der Waals surface area contributed by atoms with Crippen LogP contribution in [0.15, 0.2) is 12.2 Å². The molecule has 10 heavy (non-hydrogen) atoms. The Morgan fingerprint density at radius 2 is 2.10 bits per heavy atom. The first-order chi connectivity index (χ1) is 4.62. The van der Waals surface area contributed by atoms with Gasteiger partial charge in [0.2, 0.25) is 0 Å². The van der Waals surface area contributed by atoms with Gasteiger partial charge in [-0.05, 0) is 13.0 Å². The topological polar surface area (TPSA) is 9.23 Å². The van der Waals surface area contributed by atoms with Crippen molar-refractivity contribution in [1.82, 2.24) is 0 Å². The van der Waals surface area contributed by atoms with E-state index in [-0.39, 0.29) is 13.0 Å². The van der Waals surface area contributed by atoms with Crippen LogP contribution in [0, 0.1) is 0 Å². The molecule has 0 aliphatic carbocycles. The van der Waals surface area contributed by atoms with Gasteiger partial charge in [0.05, 0.1) is 6.61 Å². The summed E-state index contributed by atoms with van der Waals surface area (Å²) in [5, 5.41) is 0. The minimum atomic E-state index is -2.70. The minimum absolute atomic E-state index is 0.0946. The molecule has 0 atom stereocenters. The van der Waals surface area contributed by atoms with Crippen LogP contribution < -0.4 is 0 Å². The zero-order chi connectivity index (χ0) is 8.04. The van der Waals surface area contributed by atoms with Crippen molar-refractivity contribution in [2.75, 3.05) is 13.7 Å². The third kappa shape index (κ3) is 4.44. The highest BCUT2D eigenvalue weighted by Crippen LogP contribution is 2.19. The maximum Gasteiger partial charge on any atom is 0.268 e. The molecule has 0 heterocycles. The Hall–Kier alpha value is -0.440. The molecule has 0 radical (unpaired) electrons. The number of hydrogen-bond acceptors (Lipinski definition) is 1. The van der Waals surface area contributed by atoms with Gasteiger partial charge in [0, 0.05) is 13.5 Å². The number of halogens is 2. The van der Waals surface area contributed by atoms with Crippen LogP contribution in [0.4, 0.5) is 8.78 Å². The van der Waals surface area contributed by atoms with Crippen molar-refractivity contribution < 1.29 is 13.5 Å². The van der Waals surface area contributed by atoms with Crippen molar-refractivity contribution in [3.05, 3.63) is 12.2 Å². The highest BCUT2D eigenvalue weighted by atomic mass is 19.3. The van der Waals surface area contributed by atoms with E-state index in [1.54, 1.807) is 6.92 Å². The SMILES string of the molecule is C/C=C/C(F)(F)CCOC. The Morgan fingerprint density at radius 3 is 2.50 bits per heavy atom. The fraction of sp³-hybridized carbons (Fsp3) is 0.714. The van der Waals surface area contributed by atoms with Crippen molar-refractivity contribution in [1.29, 1.82) is 0 Å². The van der Waals surface area contributed by atoms with Gasteiger partial charge in [-0.15, -0.1) is 0 Å². The molecule has 0 rings (SSSR count). The fourth-order valence-electron chi connectivity index (χ4n) is 0.565. The van der Waals surface area contributed by atoms with Crippen LogP contribution in [0.1, 0.15) is 13.3 Å². The summed E-state index contributed by atoms with van der Waals surface area (Å²) in [4.78, 5) is 0. The van der Waals surface area contributed by atoms with E-state index in [0.29, 0.717) is 0 Å². The number of rotatable bonds is 4. The molecule has 0 saturated carbocycles. The average Bonchev–Trinajstić information content (AvgIpc) is 1.84. The number of methoxy groups -OCH3 is 1. The van der Waals surface area contributed by atoms with Crippen molar-refractivity contribution >= 4 is 0 Å². The lowest BCUT2D eigenvalue weighted by Crippen LogP contribution is -2.14. The van der Waals surface area contributed by atoms with Crippen LogP contribution in [0.3, 0.4) is 0 Å². The van der Waals surface area contributed by atoms with Crippen molar-refractivity contribution in [3.8, 4) is 0 Å². The molecule has 0 bridgehead atoms. The summed E-state index contributed by atoms with van der Waals surface area (Å²) in [7, 11) is 1.41. The smallest absolute Gasteiger partial charge is 0.268 e. The van der Waals surface area contributed by atoms with Crippen molar-refractivity contribution in [2.45, 2.75) is 19.3 Å². The molecule has 0 fully saturated rings. The fourth-order valence-corrected chi connectivity index (χ4v) is 0.565. The third-order valence-electron chi connectivity index (χ3n) is 1.05. The van der Waals surface area contributed by atoms with Crippen LogP contribution in [-0.2, 0) is 4.74 Å². The molecule has 0 saturated heterocycles. The average molecular weight is 150 g/mol. The van der Waals surface area contributed by atoms with E-state index in [2.05, 4.69) is 4.74 Å². The summed E-state index contributed by atoms with van der Waals surface area (Å²) in [6.45, 7) is 1.66. The lowest BCUT2D eigenvalue weighted by molar-refractivity contribution is 0.0188. The summed E-state index contributed by atoms with van der Waals surface area (Å²) < 4.78 is 29.4. The largest absolute Gasteiger partial charge is 0.384 e. The Labute approximate surface area is 59.7 Å². The second-order valence-electron chi connectivity index (χ2n) is 2.00. The maximum atomic E-state index is 12.4. The van der Waals surface area contributed by atoms with Gasteiger partial charge in [-0.3, -0.25) is 0 Å². The van der Waals surface area contributed by atoms with Crippen molar-refractivity contribution in [3.63, 3.8) is 0 Å². The summed E-state index contributed by atoms with van der Waals surface area (Å²) in [5.74, 6) is -2.70. The molecule has 1 nitrogen and oxygen atoms in total. The maximum absolute atomic E-state index is 12.4. The predicted molar refractivity (Wildman–Crippen MR) is 36.3 cm³/mol. The zero-order valence-electron chi connectivity index (χ0n) is 6.23. The van der Waals surface area contributed by atoms with Crippen molar-refractivity contribution in [2.24, 2.45) is 0 Å². The monoisotopic (exact) mass is 150 g/mol. The second-order valence-corrected chi connectivity index (χ2v) is 2.00. The van der Waals surface area contributed by atoms with Crippen LogP contribution in [0.2, 0.25) is 0 Å². The number of alkyl halides is 2. The standard InChI is InChI=1S/C7H12F2O/c1-3-4-7(8,9)5-6-10-2/h3-4H,5-6H2,1-2H3/b4-3+. The molecule has 0 spiro atoms.